The number of aliphatic imine (C=N–C) groups is 4. The van der Waals surface area contributed by atoms with Gasteiger partial charge in [0.25, 0.3) is 0 Å². The molecule has 11 heteroatoms. The molecule has 202 valence electrons. The number of unbranched alkanes of at least 4 members (excludes halogenated alkanes) is 2. The van der Waals surface area contributed by atoms with Gasteiger partial charge in [-0.1, -0.05) is 57.0 Å². The third-order valence-corrected chi connectivity index (χ3v) is 6.57. The highest BCUT2D eigenvalue weighted by molar-refractivity contribution is 7.99. The van der Waals surface area contributed by atoms with Gasteiger partial charge in [-0.25, -0.2) is 0 Å². The van der Waals surface area contributed by atoms with Crippen molar-refractivity contribution in [2.75, 3.05) is 26.2 Å². The highest BCUT2D eigenvalue weighted by Crippen LogP contribution is 2.24. The molecule has 0 radical (unpaired) electrons. The molecule has 0 bridgehead atoms. The summed E-state index contributed by atoms with van der Waals surface area (Å²) in [6.07, 6.45) is 6.89. The Bertz CT molecular complexity index is 823. The molecule has 1 rings (SSSR count). The first-order chi connectivity index (χ1) is 17.4. The van der Waals surface area contributed by atoms with E-state index in [0.29, 0.717) is 55.3 Å². The molecule has 0 fully saturated rings. The largest absolute Gasteiger partial charge is 0.370 e. The predicted octanol–water partition coefficient (Wildman–Crippen LogP) is 2.50. The van der Waals surface area contributed by atoms with Gasteiger partial charge in [0.05, 0.1) is 0 Å². The van der Waals surface area contributed by atoms with E-state index in [1.165, 1.54) is 5.56 Å². The van der Waals surface area contributed by atoms with Crippen LogP contribution in [0.15, 0.2) is 50.3 Å². The van der Waals surface area contributed by atoms with Gasteiger partial charge in [-0.05, 0) is 37.7 Å². The van der Waals surface area contributed by atoms with Crippen molar-refractivity contribution in [3.8, 4) is 0 Å². The first kappa shape index (κ1) is 31.1. The van der Waals surface area contributed by atoms with E-state index >= 15 is 0 Å². The van der Waals surface area contributed by atoms with E-state index in [1.54, 1.807) is 0 Å². The van der Waals surface area contributed by atoms with Gasteiger partial charge in [-0.2, -0.15) is 11.8 Å². The number of nitrogens with one attached hydrogen (secondary N) is 2. The van der Waals surface area contributed by atoms with Crippen LogP contribution in [0, 0.1) is 0 Å². The van der Waals surface area contributed by atoms with Crippen LogP contribution in [0.4, 0.5) is 0 Å². The monoisotopic (exact) mass is 518 g/mol. The highest BCUT2D eigenvalue weighted by Gasteiger charge is 2.10. The minimum absolute atomic E-state index is 0.293. The summed E-state index contributed by atoms with van der Waals surface area (Å²) in [6, 6.07) is 10.5. The van der Waals surface area contributed by atoms with Crippen LogP contribution in [-0.4, -0.2) is 55.3 Å². The second-order valence-electron chi connectivity index (χ2n) is 8.37. The quantitative estimate of drug-likeness (QED) is 0.110. The molecule has 0 amide bonds. The van der Waals surface area contributed by atoms with Gasteiger partial charge in [0.15, 0.2) is 23.8 Å². The molecule has 10 nitrogen and oxygen atoms in total. The fraction of sp³-hybridized carbons (Fsp3) is 0.600. The number of rotatable bonds is 16. The molecule has 0 aromatic heterocycles. The van der Waals surface area contributed by atoms with Gasteiger partial charge in [-0.3, -0.25) is 30.6 Å². The molecule has 36 heavy (non-hydrogen) atoms. The summed E-state index contributed by atoms with van der Waals surface area (Å²) < 4.78 is 0. The smallest absolute Gasteiger partial charge is 0.195 e. The van der Waals surface area contributed by atoms with Gasteiger partial charge in [-0.15, -0.1) is 0 Å². The standard InChI is InChI=1S/C25H46N10S/c1-3-5-15-30-22(26)34-24(28)32-17-10-13-21(36-19-20-11-8-7-9-12-20)14-18-33-25(29)35-23(27)31-16-6-4-2/h7-9,11-12,21H,3-6,10,13-19H2,1-2H3,(H5,26,28,30,32,34)(H5,27,29,31,33,35). The molecule has 0 aliphatic heterocycles. The molecule has 0 saturated heterocycles. The number of thioether (sulfide) groups is 1. The fourth-order valence-corrected chi connectivity index (χ4v) is 4.31. The van der Waals surface area contributed by atoms with Crippen LogP contribution in [0.5, 0.6) is 0 Å². The van der Waals surface area contributed by atoms with Crippen molar-refractivity contribution in [1.82, 2.24) is 10.6 Å². The van der Waals surface area contributed by atoms with Gasteiger partial charge >= 0.3 is 0 Å². The summed E-state index contributed by atoms with van der Waals surface area (Å²) in [5.41, 5.74) is 24.9. The lowest BCUT2D eigenvalue weighted by atomic mass is 10.2. The van der Waals surface area contributed by atoms with Gasteiger partial charge < -0.3 is 22.9 Å². The van der Waals surface area contributed by atoms with E-state index in [2.05, 4.69) is 68.7 Å². The van der Waals surface area contributed by atoms with Gasteiger partial charge in [0, 0.05) is 37.2 Å². The second kappa shape index (κ2) is 20.3. The summed E-state index contributed by atoms with van der Waals surface area (Å²) >= 11 is 1.92. The van der Waals surface area contributed by atoms with Crippen molar-refractivity contribution < 1.29 is 0 Å². The molecule has 0 heterocycles. The molecule has 0 saturated carbocycles. The van der Waals surface area contributed by atoms with Crippen LogP contribution in [0.2, 0.25) is 0 Å². The molecule has 1 aromatic carbocycles. The zero-order valence-electron chi connectivity index (χ0n) is 22.0. The van der Waals surface area contributed by atoms with Crippen LogP contribution in [0.25, 0.3) is 0 Å². The first-order valence-corrected chi connectivity index (χ1v) is 13.9. The number of benzene rings is 1. The van der Waals surface area contributed by atoms with E-state index in [0.717, 1.165) is 50.7 Å². The molecule has 1 atom stereocenters. The zero-order valence-corrected chi connectivity index (χ0v) is 22.8. The maximum absolute atomic E-state index is 5.98. The molecule has 0 aliphatic rings. The van der Waals surface area contributed by atoms with Crippen LogP contribution < -0.4 is 33.6 Å². The Morgan fingerprint density at radius 2 is 1.17 bits per heavy atom. The summed E-state index contributed by atoms with van der Waals surface area (Å²) in [5.74, 6) is 2.14. The Kier molecular flexibility index (Phi) is 17.5. The molecule has 1 unspecified atom stereocenters. The summed E-state index contributed by atoms with van der Waals surface area (Å²) in [5, 5.41) is 6.11. The molecule has 0 spiro atoms. The van der Waals surface area contributed by atoms with Crippen LogP contribution in [0.3, 0.4) is 0 Å². The molecule has 10 N–H and O–H groups in total. The predicted molar refractivity (Wildman–Crippen MR) is 157 cm³/mol. The third kappa shape index (κ3) is 16.6. The Hall–Kier alpha value is -2.95. The molecule has 0 aliphatic carbocycles. The number of guanidine groups is 4. The Labute approximate surface area is 221 Å². The maximum atomic E-state index is 5.98. The Morgan fingerprint density at radius 1 is 0.694 bits per heavy atom. The number of nitrogens with zero attached hydrogens (tertiary/aromatic N) is 4. The summed E-state index contributed by atoms with van der Waals surface area (Å²) in [6.45, 7) is 6.80. The number of nitrogens with two attached hydrogens (primary N) is 4. The number of hydrogen-bond donors (Lipinski definition) is 6. The fourth-order valence-electron chi connectivity index (χ4n) is 3.08. The molecule has 1 aromatic rings. The minimum Gasteiger partial charge on any atom is -0.370 e. The minimum atomic E-state index is 0.293. The van der Waals surface area contributed by atoms with Crippen LogP contribution >= 0.6 is 11.8 Å². The lowest BCUT2D eigenvalue weighted by Crippen LogP contribution is -2.42. The van der Waals surface area contributed by atoms with E-state index in [-0.39, 0.29) is 0 Å². The maximum Gasteiger partial charge on any atom is 0.195 e. The molecular weight excluding hydrogens is 472 g/mol. The first-order valence-electron chi connectivity index (χ1n) is 12.8. The Balaban J connectivity index is 2.55. The van der Waals surface area contributed by atoms with Crippen LogP contribution in [-0.2, 0) is 5.75 Å². The van der Waals surface area contributed by atoms with E-state index < -0.39 is 0 Å². The van der Waals surface area contributed by atoms with Crippen molar-refractivity contribution in [2.45, 2.75) is 69.8 Å². The summed E-state index contributed by atoms with van der Waals surface area (Å²) in [7, 11) is 0. The lowest BCUT2D eigenvalue weighted by Gasteiger charge is -2.16. The SMILES string of the molecule is CCCCN=C(N)NC(N)=NCCCC(CCN=C(N)NC(N)=NCCCC)SCc1ccccc1. The zero-order chi connectivity index (χ0) is 26.4. The van der Waals surface area contributed by atoms with Crippen molar-refractivity contribution in [3.63, 3.8) is 0 Å². The van der Waals surface area contributed by atoms with E-state index in [4.69, 9.17) is 22.9 Å². The Morgan fingerprint density at radius 3 is 1.67 bits per heavy atom. The van der Waals surface area contributed by atoms with Crippen molar-refractivity contribution in [3.05, 3.63) is 35.9 Å². The third-order valence-electron chi connectivity index (χ3n) is 5.13. The van der Waals surface area contributed by atoms with E-state index in [9.17, 15) is 0 Å². The normalized spacial score (nSPS) is 14.1. The highest BCUT2D eigenvalue weighted by atomic mass is 32.2. The molecular formula is C25H46N10S. The second-order valence-corrected chi connectivity index (χ2v) is 9.66. The van der Waals surface area contributed by atoms with E-state index in [1.807, 2.05) is 17.8 Å². The van der Waals surface area contributed by atoms with Crippen molar-refractivity contribution in [2.24, 2.45) is 42.9 Å². The average molecular weight is 519 g/mol. The van der Waals surface area contributed by atoms with Gasteiger partial charge in [0.2, 0.25) is 0 Å². The number of hydrogen-bond acceptors (Lipinski definition) is 5. The summed E-state index contributed by atoms with van der Waals surface area (Å²) in [4.78, 5) is 17.3. The van der Waals surface area contributed by atoms with Crippen LogP contribution in [0.1, 0.15) is 64.4 Å². The van der Waals surface area contributed by atoms with Crippen molar-refractivity contribution in [1.29, 1.82) is 0 Å². The van der Waals surface area contributed by atoms with Gasteiger partial charge in [0.1, 0.15) is 0 Å². The lowest BCUT2D eigenvalue weighted by molar-refractivity contribution is 0.667. The average Bonchev–Trinajstić information content (AvgIpc) is 2.85. The van der Waals surface area contributed by atoms with Crippen molar-refractivity contribution >= 4 is 35.6 Å². The topological polar surface area (TPSA) is 178 Å².